The van der Waals surface area contributed by atoms with E-state index in [4.69, 9.17) is 0 Å². The molecule has 1 unspecified atom stereocenters. The van der Waals surface area contributed by atoms with Crippen LogP contribution in [-0.2, 0) is 24.1 Å². The van der Waals surface area contributed by atoms with Gasteiger partial charge in [-0.3, -0.25) is 0 Å². The molecule has 2 aromatic rings. The molecule has 0 saturated carbocycles. The Hall–Kier alpha value is -0.998. The molecule has 0 fully saturated rings. The van der Waals surface area contributed by atoms with Crippen molar-refractivity contribution in [2.75, 3.05) is 6.93 Å². The van der Waals surface area contributed by atoms with E-state index in [1.54, 1.807) is 0 Å². The molecule has 0 heterocycles. The molecule has 0 aliphatic heterocycles. The maximum absolute atomic E-state index is 13.6. The molecule has 0 bridgehead atoms. The molecule has 1 N–H and O–H groups in total. The van der Waals surface area contributed by atoms with Crippen molar-refractivity contribution in [3.63, 3.8) is 0 Å². The fourth-order valence-corrected chi connectivity index (χ4v) is 2.44. The SMILES string of the molecule is CC(O)(c1cc(F)cc(C(F)(F)F)c1)c1cc(C(F)(F)F)cc(C(F)(F)F)c1.FCF.[Ac]. The fourth-order valence-electron chi connectivity index (χ4n) is 2.44. The average molecular weight is 699 g/mol. The van der Waals surface area contributed by atoms with Gasteiger partial charge in [0.15, 0.2) is 0 Å². The monoisotopic (exact) mass is 699 g/mol. The van der Waals surface area contributed by atoms with Crippen LogP contribution in [0, 0.1) is 49.9 Å². The van der Waals surface area contributed by atoms with Crippen LogP contribution in [0.5, 0.6) is 0 Å². The number of hydrogen-bond acceptors (Lipinski definition) is 1. The van der Waals surface area contributed by atoms with Gasteiger partial charge in [-0.25, -0.2) is 13.2 Å². The Morgan fingerprint density at radius 1 is 0.594 bits per heavy atom. The van der Waals surface area contributed by atoms with E-state index in [1.807, 2.05) is 0 Å². The zero-order valence-electron chi connectivity index (χ0n) is 15.7. The third-order valence-electron chi connectivity index (χ3n) is 3.94. The standard InChI is InChI=1S/C17H10F10O.CH2F2.Ac/c1-14(28,9-4-12(17(25,26)27)7-13(18)6-9)8-2-10(15(19,20)21)5-11(3-8)16(22,23)24;2-1-3;/h2-7,28H,1H3;1H2;. The smallest absolute Gasteiger partial charge is 0.381 e. The van der Waals surface area contributed by atoms with Crippen molar-refractivity contribution in [3.05, 3.63) is 70.0 Å². The fraction of sp³-hybridized carbons (Fsp3) is 0.333. The topological polar surface area (TPSA) is 20.2 Å². The van der Waals surface area contributed by atoms with Crippen molar-refractivity contribution in [2.45, 2.75) is 31.1 Å². The summed E-state index contributed by atoms with van der Waals surface area (Å²) in [7, 11) is 0. The van der Waals surface area contributed by atoms with E-state index in [0.29, 0.717) is 13.0 Å². The third kappa shape index (κ3) is 8.09. The van der Waals surface area contributed by atoms with Crippen LogP contribution in [0.25, 0.3) is 0 Å². The zero-order chi connectivity index (χ0) is 24.4. The first-order valence-corrected chi connectivity index (χ1v) is 7.86. The van der Waals surface area contributed by atoms with Crippen LogP contribution < -0.4 is 0 Å². The summed E-state index contributed by atoms with van der Waals surface area (Å²) < 4.78 is 149. The van der Waals surface area contributed by atoms with Gasteiger partial charge in [0.25, 0.3) is 0 Å². The summed E-state index contributed by atoms with van der Waals surface area (Å²) in [5.41, 5.74) is -9.77. The predicted molar refractivity (Wildman–Crippen MR) is 83.6 cm³/mol. The Morgan fingerprint density at radius 3 is 1.12 bits per heavy atom. The first-order valence-electron chi connectivity index (χ1n) is 7.86. The summed E-state index contributed by atoms with van der Waals surface area (Å²) in [4.78, 5) is 0. The van der Waals surface area contributed by atoms with Gasteiger partial charge in [-0.1, -0.05) is 0 Å². The first-order chi connectivity index (χ1) is 13.8. The molecule has 2 rings (SSSR count). The molecular weight excluding hydrogens is 687 g/mol. The van der Waals surface area contributed by atoms with Crippen LogP contribution in [0.4, 0.5) is 52.7 Å². The molecule has 32 heavy (non-hydrogen) atoms. The summed E-state index contributed by atoms with van der Waals surface area (Å²) in [6, 6.07) is 0.833. The Bertz CT molecular complexity index is 868. The minimum Gasteiger partial charge on any atom is -0.381 e. The van der Waals surface area contributed by atoms with Crippen LogP contribution in [0.3, 0.4) is 0 Å². The molecule has 1 radical (unpaired) electrons. The van der Waals surface area contributed by atoms with E-state index in [9.17, 15) is 57.8 Å². The maximum Gasteiger partial charge on any atom is 0.416 e. The summed E-state index contributed by atoms with van der Waals surface area (Å²) >= 11 is 0. The maximum atomic E-state index is 13.6. The molecule has 2 aromatic carbocycles. The van der Waals surface area contributed by atoms with Crippen LogP contribution in [0.2, 0.25) is 0 Å². The van der Waals surface area contributed by atoms with Crippen molar-refractivity contribution in [2.24, 2.45) is 0 Å². The molecule has 1 nitrogen and oxygen atoms in total. The van der Waals surface area contributed by atoms with Gasteiger partial charge in [0.05, 0.1) is 16.7 Å². The van der Waals surface area contributed by atoms with Gasteiger partial charge in [-0.2, -0.15) is 39.5 Å². The molecule has 0 amide bonds. The van der Waals surface area contributed by atoms with Gasteiger partial charge in [0.1, 0.15) is 11.4 Å². The quantitative estimate of drug-likeness (QED) is 0.335. The molecule has 1 atom stereocenters. The second-order valence-electron chi connectivity index (χ2n) is 6.19. The molecule has 14 heteroatoms. The molecule has 0 aromatic heterocycles. The summed E-state index contributed by atoms with van der Waals surface area (Å²) in [6.45, 7) is -1.09. The van der Waals surface area contributed by atoms with E-state index >= 15 is 0 Å². The molecule has 177 valence electrons. The van der Waals surface area contributed by atoms with E-state index in [-0.39, 0.29) is 74.4 Å². The number of benzene rings is 2. The Balaban J connectivity index is 0.00000227. The van der Waals surface area contributed by atoms with E-state index in [0.717, 1.165) is 0 Å². The number of halogens is 12. The van der Waals surface area contributed by atoms with E-state index in [1.165, 1.54) is 0 Å². The van der Waals surface area contributed by atoms with Crippen LogP contribution in [-0.4, -0.2) is 12.0 Å². The van der Waals surface area contributed by atoms with Gasteiger partial charge in [-0.15, -0.1) is 0 Å². The van der Waals surface area contributed by atoms with Crippen molar-refractivity contribution < 1.29 is 102 Å². The average Bonchev–Trinajstić information content (AvgIpc) is 2.59. The van der Waals surface area contributed by atoms with Crippen molar-refractivity contribution >= 4 is 0 Å². The zero-order valence-corrected chi connectivity index (χ0v) is 20.5. The van der Waals surface area contributed by atoms with Crippen molar-refractivity contribution in [3.8, 4) is 0 Å². The van der Waals surface area contributed by atoms with Gasteiger partial charge >= 0.3 is 18.5 Å². The predicted octanol–water partition coefficient (Wildman–Crippen LogP) is 7.02. The normalized spacial score (nSPS) is 14.1. The summed E-state index contributed by atoms with van der Waals surface area (Å²) in [5.74, 6) is -1.48. The second kappa shape index (κ2) is 11.0. The number of rotatable bonds is 2. The molecule has 0 spiro atoms. The minimum absolute atomic E-state index is 0. The molecule has 0 aliphatic rings. The molecule has 0 aliphatic carbocycles. The van der Waals surface area contributed by atoms with Crippen LogP contribution in [0.15, 0.2) is 36.4 Å². The number of hydrogen-bond donors (Lipinski definition) is 1. The minimum atomic E-state index is -5.23. The van der Waals surface area contributed by atoms with Crippen LogP contribution >= 0.6 is 0 Å². The summed E-state index contributed by atoms with van der Waals surface area (Å²) in [6.07, 6.45) is -15.5. The van der Waals surface area contributed by atoms with E-state index in [2.05, 4.69) is 0 Å². The van der Waals surface area contributed by atoms with E-state index < -0.39 is 64.7 Å². The number of aliphatic hydroxyl groups is 1. The van der Waals surface area contributed by atoms with Crippen molar-refractivity contribution in [1.29, 1.82) is 0 Å². The Morgan fingerprint density at radius 2 is 0.812 bits per heavy atom. The second-order valence-corrected chi connectivity index (χ2v) is 6.19. The van der Waals surface area contributed by atoms with Crippen LogP contribution in [0.1, 0.15) is 34.7 Å². The van der Waals surface area contributed by atoms with Crippen molar-refractivity contribution in [1.82, 2.24) is 0 Å². The Kier molecular flexibility index (Phi) is 10.6. The van der Waals surface area contributed by atoms with Gasteiger partial charge in [0.2, 0.25) is 6.93 Å². The Labute approximate surface area is 209 Å². The largest absolute Gasteiger partial charge is 0.416 e. The third-order valence-corrected chi connectivity index (χ3v) is 3.94. The molecule has 0 saturated heterocycles. The van der Waals surface area contributed by atoms with Gasteiger partial charge < -0.3 is 5.11 Å². The first kappa shape index (κ1) is 31.0. The van der Waals surface area contributed by atoms with Gasteiger partial charge in [0, 0.05) is 44.1 Å². The summed E-state index contributed by atoms with van der Waals surface area (Å²) in [5, 5.41) is 10.5. The van der Waals surface area contributed by atoms with Gasteiger partial charge in [-0.05, 0) is 54.4 Å². The molecular formula is C18H12AcF12O. The number of alkyl halides is 11.